The third-order valence-corrected chi connectivity index (χ3v) is 2.77. The van der Waals surface area contributed by atoms with Crippen molar-refractivity contribution < 1.29 is 19.5 Å². The van der Waals surface area contributed by atoms with Gasteiger partial charge in [0, 0.05) is 27.2 Å². The summed E-state index contributed by atoms with van der Waals surface area (Å²) < 4.78 is 0. The van der Waals surface area contributed by atoms with Crippen LogP contribution in [-0.2, 0) is 9.59 Å². The maximum absolute atomic E-state index is 12.5. The van der Waals surface area contributed by atoms with Crippen molar-refractivity contribution in [2.24, 2.45) is 5.92 Å². The fourth-order valence-corrected chi connectivity index (χ4v) is 1.83. The first-order chi connectivity index (χ1) is 9.68. The molecule has 0 aliphatic carbocycles. The van der Waals surface area contributed by atoms with Gasteiger partial charge in [-0.15, -0.1) is 0 Å². The Morgan fingerprint density at radius 2 is 1.62 bits per heavy atom. The average Bonchev–Trinajstić information content (AvgIpc) is 2.35. The summed E-state index contributed by atoms with van der Waals surface area (Å²) in [6, 6.07) is -0.400. The van der Waals surface area contributed by atoms with Crippen LogP contribution < -0.4 is 0 Å². The monoisotopic (exact) mass is 301 g/mol. The van der Waals surface area contributed by atoms with Crippen molar-refractivity contribution in [3.05, 3.63) is 0 Å². The lowest BCUT2D eigenvalue weighted by Gasteiger charge is -2.31. The van der Waals surface area contributed by atoms with Crippen LogP contribution in [0, 0.1) is 5.92 Å². The van der Waals surface area contributed by atoms with Gasteiger partial charge in [-0.3, -0.25) is 9.59 Å². The molecule has 0 fully saturated rings. The van der Waals surface area contributed by atoms with Crippen molar-refractivity contribution in [1.29, 1.82) is 0 Å². The molecule has 0 aromatic carbocycles. The number of carboxylic acid groups (broad SMARTS) is 1. The molecule has 21 heavy (non-hydrogen) atoms. The van der Waals surface area contributed by atoms with E-state index in [2.05, 4.69) is 0 Å². The topological polar surface area (TPSA) is 81.2 Å². The van der Waals surface area contributed by atoms with Crippen molar-refractivity contribution in [2.45, 2.75) is 27.2 Å². The summed E-state index contributed by atoms with van der Waals surface area (Å²) in [7, 11) is 3.25. The summed E-state index contributed by atoms with van der Waals surface area (Å²) >= 11 is 0. The number of aliphatic carboxylic acids is 1. The van der Waals surface area contributed by atoms with E-state index in [9.17, 15) is 14.4 Å². The van der Waals surface area contributed by atoms with E-state index in [1.807, 2.05) is 20.8 Å². The molecule has 1 N–H and O–H groups in total. The molecule has 0 aromatic heterocycles. The van der Waals surface area contributed by atoms with Gasteiger partial charge in [0.1, 0.15) is 13.1 Å². The number of urea groups is 1. The van der Waals surface area contributed by atoms with Crippen molar-refractivity contribution in [2.75, 3.05) is 40.3 Å². The van der Waals surface area contributed by atoms with Crippen LogP contribution in [0.5, 0.6) is 0 Å². The van der Waals surface area contributed by atoms with E-state index in [0.29, 0.717) is 19.5 Å². The SMILES string of the molecule is CCCN(CC(=O)N(C)C)C(=O)N(CC(=O)O)CC(C)C. The van der Waals surface area contributed by atoms with E-state index in [1.54, 1.807) is 14.1 Å². The van der Waals surface area contributed by atoms with Gasteiger partial charge >= 0.3 is 12.0 Å². The fraction of sp³-hybridized carbons (Fsp3) is 0.786. The highest BCUT2D eigenvalue weighted by Crippen LogP contribution is 2.06. The van der Waals surface area contributed by atoms with Gasteiger partial charge < -0.3 is 19.8 Å². The molecule has 7 heteroatoms. The summed E-state index contributed by atoms with van der Waals surface area (Å²) in [6.45, 7) is 6.12. The lowest BCUT2D eigenvalue weighted by molar-refractivity contribution is -0.137. The zero-order chi connectivity index (χ0) is 16.6. The molecule has 7 nitrogen and oxygen atoms in total. The van der Waals surface area contributed by atoms with Crippen LogP contribution in [0.4, 0.5) is 4.79 Å². The number of hydrogen-bond donors (Lipinski definition) is 1. The average molecular weight is 301 g/mol. The van der Waals surface area contributed by atoms with E-state index in [-0.39, 0.29) is 24.9 Å². The van der Waals surface area contributed by atoms with Crippen LogP contribution in [0.15, 0.2) is 0 Å². The van der Waals surface area contributed by atoms with Crippen LogP contribution >= 0.6 is 0 Å². The lowest BCUT2D eigenvalue weighted by Crippen LogP contribution is -2.49. The lowest BCUT2D eigenvalue weighted by atomic mass is 10.2. The van der Waals surface area contributed by atoms with Gasteiger partial charge in [-0.25, -0.2) is 4.79 Å². The highest BCUT2D eigenvalue weighted by atomic mass is 16.4. The molecule has 0 bridgehead atoms. The quantitative estimate of drug-likeness (QED) is 0.723. The second-order valence-electron chi connectivity index (χ2n) is 5.66. The maximum Gasteiger partial charge on any atom is 0.323 e. The minimum atomic E-state index is -1.06. The smallest absolute Gasteiger partial charge is 0.323 e. The van der Waals surface area contributed by atoms with E-state index < -0.39 is 12.0 Å². The molecule has 122 valence electrons. The van der Waals surface area contributed by atoms with Crippen LogP contribution in [0.1, 0.15) is 27.2 Å². The minimum Gasteiger partial charge on any atom is -0.480 e. The number of carboxylic acids is 1. The van der Waals surface area contributed by atoms with Gasteiger partial charge in [0.05, 0.1) is 0 Å². The molecule has 0 spiro atoms. The summed E-state index contributed by atoms with van der Waals surface area (Å²) in [5, 5.41) is 8.94. The number of hydrogen-bond acceptors (Lipinski definition) is 3. The standard InChI is InChI=1S/C14H27N3O4/c1-6-7-16(9-12(18)15(4)5)14(21)17(8-11(2)3)10-13(19)20/h11H,6-10H2,1-5H3,(H,19,20). The number of rotatable bonds is 8. The van der Waals surface area contributed by atoms with Crippen molar-refractivity contribution in [3.8, 4) is 0 Å². The molecule has 0 atom stereocenters. The molecule has 3 amide bonds. The van der Waals surface area contributed by atoms with Crippen molar-refractivity contribution >= 4 is 17.9 Å². The zero-order valence-electron chi connectivity index (χ0n) is 13.6. The van der Waals surface area contributed by atoms with E-state index in [4.69, 9.17) is 5.11 Å². The van der Waals surface area contributed by atoms with Gasteiger partial charge in [-0.1, -0.05) is 20.8 Å². The fourth-order valence-electron chi connectivity index (χ4n) is 1.83. The number of amides is 3. The highest BCUT2D eigenvalue weighted by Gasteiger charge is 2.25. The Balaban J connectivity index is 5.01. The summed E-state index contributed by atoms with van der Waals surface area (Å²) in [5.41, 5.74) is 0. The Bertz CT molecular complexity index is 369. The van der Waals surface area contributed by atoms with Crippen LogP contribution in [-0.4, -0.2) is 78.0 Å². The van der Waals surface area contributed by atoms with Gasteiger partial charge in [-0.05, 0) is 12.3 Å². The zero-order valence-corrected chi connectivity index (χ0v) is 13.6. The normalized spacial score (nSPS) is 10.4. The predicted octanol–water partition coefficient (Wildman–Crippen LogP) is 0.949. The van der Waals surface area contributed by atoms with Gasteiger partial charge in [-0.2, -0.15) is 0 Å². The molecule has 0 rings (SSSR count). The van der Waals surface area contributed by atoms with Crippen molar-refractivity contribution in [3.63, 3.8) is 0 Å². The Morgan fingerprint density at radius 3 is 2.00 bits per heavy atom. The first-order valence-corrected chi connectivity index (χ1v) is 7.14. The first-order valence-electron chi connectivity index (χ1n) is 7.14. The Labute approximate surface area is 126 Å². The molecule has 0 aliphatic rings. The predicted molar refractivity (Wildman–Crippen MR) is 80.0 cm³/mol. The molecule has 0 aliphatic heterocycles. The molecule has 0 heterocycles. The third-order valence-electron chi connectivity index (χ3n) is 2.77. The molecule has 0 unspecified atom stereocenters. The van der Waals surface area contributed by atoms with Crippen LogP contribution in [0.25, 0.3) is 0 Å². The van der Waals surface area contributed by atoms with E-state index >= 15 is 0 Å². The number of carbonyl (C=O) groups is 3. The molecule has 0 radical (unpaired) electrons. The second-order valence-corrected chi connectivity index (χ2v) is 5.66. The summed E-state index contributed by atoms with van der Waals surface area (Å²) in [4.78, 5) is 39.3. The molecule has 0 saturated heterocycles. The second kappa shape index (κ2) is 9.20. The number of carbonyl (C=O) groups excluding carboxylic acids is 2. The number of nitrogens with zero attached hydrogens (tertiary/aromatic N) is 3. The molecule has 0 aromatic rings. The minimum absolute atomic E-state index is 0.0338. The van der Waals surface area contributed by atoms with E-state index in [1.165, 1.54) is 14.7 Å². The largest absolute Gasteiger partial charge is 0.480 e. The van der Waals surface area contributed by atoms with Crippen LogP contribution in [0.2, 0.25) is 0 Å². The van der Waals surface area contributed by atoms with Gasteiger partial charge in [0.15, 0.2) is 0 Å². The number of likely N-dealkylation sites (N-methyl/N-ethyl adjacent to an activating group) is 1. The molecular weight excluding hydrogens is 274 g/mol. The van der Waals surface area contributed by atoms with E-state index in [0.717, 1.165) is 0 Å². The Morgan fingerprint density at radius 1 is 1.05 bits per heavy atom. The summed E-state index contributed by atoms with van der Waals surface area (Å²) in [5.74, 6) is -1.09. The van der Waals surface area contributed by atoms with Crippen LogP contribution in [0.3, 0.4) is 0 Å². The third kappa shape index (κ3) is 7.53. The Hall–Kier alpha value is -1.79. The first kappa shape index (κ1) is 19.2. The molecular formula is C14H27N3O4. The maximum atomic E-state index is 12.5. The molecule has 0 saturated carbocycles. The van der Waals surface area contributed by atoms with Crippen molar-refractivity contribution in [1.82, 2.24) is 14.7 Å². The van der Waals surface area contributed by atoms with Gasteiger partial charge in [0.2, 0.25) is 5.91 Å². The summed E-state index contributed by atoms with van der Waals surface area (Å²) in [6.07, 6.45) is 0.703. The van der Waals surface area contributed by atoms with Gasteiger partial charge in [0.25, 0.3) is 0 Å². The highest BCUT2D eigenvalue weighted by molar-refractivity contribution is 5.85. The Kier molecular flexibility index (Phi) is 8.42.